The third-order valence-corrected chi connectivity index (χ3v) is 3.30. The summed E-state index contributed by atoms with van der Waals surface area (Å²) in [5.41, 5.74) is 7.71. The molecule has 1 aromatic carbocycles. The highest BCUT2D eigenvalue weighted by Gasteiger charge is 2.15. The van der Waals surface area contributed by atoms with Gasteiger partial charge in [-0.1, -0.05) is 12.1 Å². The second-order valence-electron chi connectivity index (χ2n) is 4.70. The molecule has 1 heterocycles. The van der Waals surface area contributed by atoms with E-state index in [1.54, 1.807) is 0 Å². The molecule has 0 spiro atoms. The summed E-state index contributed by atoms with van der Waals surface area (Å²) < 4.78 is 11.2. The molecule has 1 aromatic rings. The fraction of sp³-hybridized carbons (Fsp3) is 0.571. The number of hydrogen-bond donors (Lipinski definition) is 1. The van der Waals surface area contributed by atoms with Gasteiger partial charge in [0.05, 0.1) is 12.7 Å². The molecule has 2 N–H and O–H groups in total. The normalized spacial score (nSPS) is 19.1. The first-order valence-corrected chi connectivity index (χ1v) is 6.30. The van der Waals surface area contributed by atoms with Crippen molar-refractivity contribution in [2.75, 3.05) is 25.6 Å². The van der Waals surface area contributed by atoms with E-state index in [1.165, 1.54) is 0 Å². The molecule has 1 aliphatic rings. The Morgan fingerprint density at radius 2 is 2.18 bits per heavy atom. The molecule has 17 heavy (non-hydrogen) atoms. The summed E-state index contributed by atoms with van der Waals surface area (Å²) in [6, 6.07) is 7.91. The first-order chi connectivity index (χ1) is 8.25. The van der Waals surface area contributed by atoms with Crippen LogP contribution >= 0.6 is 0 Å². The average Bonchev–Trinajstić information content (AvgIpc) is 2.37. The summed E-state index contributed by atoms with van der Waals surface area (Å²) in [6.07, 6.45) is 2.34. The molecule has 0 saturated carbocycles. The smallest absolute Gasteiger partial charge is 0.0797 e. The lowest BCUT2D eigenvalue weighted by Gasteiger charge is -2.24. The topological polar surface area (TPSA) is 44.5 Å². The van der Waals surface area contributed by atoms with E-state index in [-0.39, 0.29) is 6.10 Å². The molecule has 1 atom stereocenters. The zero-order valence-corrected chi connectivity index (χ0v) is 10.4. The van der Waals surface area contributed by atoms with Crippen LogP contribution in [0.5, 0.6) is 0 Å². The van der Waals surface area contributed by atoms with Gasteiger partial charge in [-0.15, -0.1) is 0 Å². The predicted molar refractivity (Wildman–Crippen MR) is 68.8 cm³/mol. The lowest BCUT2D eigenvalue weighted by molar-refractivity contribution is -0.00560. The van der Waals surface area contributed by atoms with Crippen molar-refractivity contribution < 1.29 is 9.47 Å². The molecule has 94 valence electrons. The second-order valence-corrected chi connectivity index (χ2v) is 4.70. The van der Waals surface area contributed by atoms with E-state index >= 15 is 0 Å². The van der Waals surface area contributed by atoms with Gasteiger partial charge in [-0.25, -0.2) is 0 Å². The van der Waals surface area contributed by atoms with Crippen LogP contribution in [-0.4, -0.2) is 19.8 Å². The van der Waals surface area contributed by atoms with Gasteiger partial charge in [0.15, 0.2) is 0 Å². The van der Waals surface area contributed by atoms with Gasteiger partial charge < -0.3 is 15.2 Å². The Balaban J connectivity index is 1.82. The van der Waals surface area contributed by atoms with Crippen molar-refractivity contribution in [1.29, 1.82) is 0 Å². The fourth-order valence-electron chi connectivity index (χ4n) is 2.10. The Bertz CT molecular complexity index is 348. The molecular weight excluding hydrogens is 214 g/mol. The SMILES string of the molecule is CC(OCC1CCOCC1)c1cccc(N)c1. The van der Waals surface area contributed by atoms with E-state index in [0.717, 1.165) is 43.9 Å². The van der Waals surface area contributed by atoms with Crippen molar-refractivity contribution in [2.45, 2.75) is 25.9 Å². The Hall–Kier alpha value is -1.06. The zero-order chi connectivity index (χ0) is 12.1. The van der Waals surface area contributed by atoms with E-state index < -0.39 is 0 Å². The standard InChI is InChI=1S/C14H21NO2/c1-11(13-3-2-4-14(15)9-13)17-10-12-5-7-16-8-6-12/h2-4,9,11-12H,5-8,10,15H2,1H3. The van der Waals surface area contributed by atoms with Gasteiger partial charge >= 0.3 is 0 Å². The van der Waals surface area contributed by atoms with E-state index in [9.17, 15) is 0 Å². The van der Waals surface area contributed by atoms with E-state index in [1.807, 2.05) is 18.2 Å². The van der Waals surface area contributed by atoms with Crippen LogP contribution in [0.1, 0.15) is 31.4 Å². The predicted octanol–water partition coefficient (Wildman–Crippen LogP) is 2.77. The lowest BCUT2D eigenvalue weighted by Crippen LogP contribution is -2.20. The maximum absolute atomic E-state index is 5.91. The summed E-state index contributed by atoms with van der Waals surface area (Å²) in [5, 5.41) is 0. The number of ether oxygens (including phenoxy) is 2. The molecule has 1 unspecified atom stereocenters. The molecule has 0 amide bonds. The fourth-order valence-corrected chi connectivity index (χ4v) is 2.10. The zero-order valence-electron chi connectivity index (χ0n) is 10.4. The third kappa shape index (κ3) is 3.72. The highest BCUT2D eigenvalue weighted by molar-refractivity contribution is 5.41. The van der Waals surface area contributed by atoms with Crippen LogP contribution in [-0.2, 0) is 9.47 Å². The Kier molecular flexibility index (Phi) is 4.40. The maximum atomic E-state index is 5.91. The largest absolute Gasteiger partial charge is 0.399 e. The number of nitrogens with two attached hydrogens (primary N) is 1. The van der Waals surface area contributed by atoms with Crippen LogP contribution in [0, 0.1) is 5.92 Å². The molecular formula is C14H21NO2. The summed E-state index contributed by atoms with van der Waals surface area (Å²) in [5.74, 6) is 0.646. The van der Waals surface area contributed by atoms with Gasteiger partial charge in [-0.2, -0.15) is 0 Å². The Morgan fingerprint density at radius 3 is 2.88 bits per heavy atom. The van der Waals surface area contributed by atoms with Gasteiger partial charge in [0.1, 0.15) is 0 Å². The van der Waals surface area contributed by atoms with Crippen molar-refractivity contribution in [1.82, 2.24) is 0 Å². The molecule has 1 fully saturated rings. The third-order valence-electron chi connectivity index (χ3n) is 3.30. The van der Waals surface area contributed by atoms with Gasteiger partial charge in [-0.05, 0) is 43.4 Å². The second kappa shape index (κ2) is 6.03. The molecule has 0 radical (unpaired) electrons. The van der Waals surface area contributed by atoms with Gasteiger partial charge in [0, 0.05) is 18.9 Å². The number of hydrogen-bond acceptors (Lipinski definition) is 3. The first-order valence-electron chi connectivity index (χ1n) is 6.30. The molecule has 0 aliphatic carbocycles. The lowest BCUT2D eigenvalue weighted by atomic mass is 10.0. The van der Waals surface area contributed by atoms with Crippen LogP contribution in [0.4, 0.5) is 5.69 Å². The minimum atomic E-state index is 0.112. The molecule has 1 aliphatic heterocycles. The van der Waals surface area contributed by atoms with Gasteiger partial charge in [-0.3, -0.25) is 0 Å². The summed E-state index contributed by atoms with van der Waals surface area (Å²) in [6.45, 7) is 4.65. The number of nitrogen functional groups attached to an aromatic ring is 1. The van der Waals surface area contributed by atoms with Crippen LogP contribution < -0.4 is 5.73 Å². The van der Waals surface area contributed by atoms with Gasteiger partial charge in [0.2, 0.25) is 0 Å². The highest BCUT2D eigenvalue weighted by Crippen LogP contribution is 2.22. The van der Waals surface area contributed by atoms with Crippen molar-refractivity contribution in [3.63, 3.8) is 0 Å². The van der Waals surface area contributed by atoms with E-state index in [4.69, 9.17) is 15.2 Å². The van der Waals surface area contributed by atoms with Crippen molar-refractivity contribution in [2.24, 2.45) is 5.92 Å². The molecule has 0 bridgehead atoms. The van der Waals surface area contributed by atoms with Crippen LogP contribution in [0.25, 0.3) is 0 Å². The first kappa shape index (κ1) is 12.4. The number of benzene rings is 1. The van der Waals surface area contributed by atoms with Crippen LogP contribution in [0.2, 0.25) is 0 Å². The van der Waals surface area contributed by atoms with Crippen LogP contribution in [0.3, 0.4) is 0 Å². The van der Waals surface area contributed by atoms with E-state index in [0.29, 0.717) is 5.92 Å². The van der Waals surface area contributed by atoms with Gasteiger partial charge in [0.25, 0.3) is 0 Å². The Labute approximate surface area is 103 Å². The quantitative estimate of drug-likeness (QED) is 0.816. The molecule has 3 nitrogen and oxygen atoms in total. The molecule has 0 aromatic heterocycles. The van der Waals surface area contributed by atoms with E-state index in [2.05, 4.69) is 13.0 Å². The number of anilines is 1. The molecule has 2 rings (SSSR count). The van der Waals surface area contributed by atoms with Crippen LogP contribution in [0.15, 0.2) is 24.3 Å². The minimum absolute atomic E-state index is 0.112. The maximum Gasteiger partial charge on any atom is 0.0797 e. The monoisotopic (exact) mass is 235 g/mol. The molecule has 3 heteroatoms. The highest BCUT2D eigenvalue weighted by atomic mass is 16.5. The van der Waals surface area contributed by atoms with Crippen molar-refractivity contribution in [3.05, 3.63) is 29.8 Å². The summed E-state index contributed by atoms with van der Waals surface area (Å²) in [7, 11) is 0. The summed E-state index contributed by atoms with van der Waals surface area (Å²) >= 11 is 0. The molecule has 1 saturated heterocycles. The average molecular weight is 235 g/mol. The minimum Gasteiger partial charge on any atom is -0.399 e. The summed E-state index contributed by atoms with van der Waals surface area (Å²) in [4.78, 5) is 0. The van der Waals surface area contributed by atoms with Crippen molar-refractivity contribution in [3.8, 4) is 0 Å². The van der Waals surface area contributed by atoms with Crippen molar-refractivity contribution >= 4 is 5.69 Å². The Morgan fingerprint density at radius 1 is 1.41 bits per heavy atom. The number of rotatable bonds is 4.